The average molecular weight is 251 g/mol. The third-order valence-corrected chi connectivity index (χ3v) is 2.43. The Labute approximate surface area is 108 Å². The summed E-state index contributed by atoms with van der Waals surface area (Å²) in [5.74, 6) is 5.98. The molecule has 0 saturated heterocycles. The molecule has 18 heavy (non-hydrogen) atoms. The zero-order valence-corrected chi connectivity index (χ0v) is 11.1. The molecule has 0 bridgehead atoms. The van der Waals surface area contributed by atoms with Crippen LogP contribution in [0.2, 0.25) is 0 Å². The summed E-state index contributed by atoms with van der Waals surface area (Å²) >= 11 is 0. The summed E-state index contributed by atoms with van der Waals surface area (Å²) < 4.78 is 5.04. The van der Waals surface area contributed by atoms with Gasteiger partial charge >= 0.3 is 0 Å². The van der Waals surface area contributed by atoms with Crippen LogP contribution in [-0.4, -0.2) is 30.7 Å². The number of hydrazine groups is 1. The van der Waals surface area contributed by atoms with Gasteiger partial charge in [0.25, 0.3) is 0 Å². The second-order valence-electron chi connectivity index (χ2n) is 4.09. The molecule has 6 heteroatoms. The molecule has 0 fully saturated rings. The number of aliphatic imine (C=N–C) groups is 1. The first-order valence-electron chi connectivity index (χ1n) is 5.87. The second kappa shape index (κ2) is 7.62. The van der Waals surface area contributed by atoms with Crippen molar-refractivity contribution < 1.29 is 4.74 Å². The lowest BCUT2D eigenvalue weighted by atomic mass is 10.1. The molecule has 1 rings (SSSR count). The maximum Gasteiger partial charge on any atom is 0.206 e. The molecule has 0 saturated carbocycles. The molecular weight excluding hydrogens is 230 g/mol. The summed E-state index contributed by atoms with van der Waals surface area (Å²) in [5, 5.41) is 3.14. The molecule has 0 aliphatic rings. The highest BCUT2D eigenvalue weighted by Crippen LogP contribution is 2.14. The molecule has 4 N–H and O–H groups in total. The summed E-state index contributed by atoms with van der Waals surface area (Å²) in [4.78, 5) is 8.53. The Morgan fingerprint density at radius 3 is 2.89 bits per heavy atom. The maximum absolute atomic E-state index is 5.44. The minimum atomic E-state index is -0.0213. The molecule has 100 valence electrons. The Bertz CT molecular complexity index is 368. The summed E-state index contributed by atoms with van der Waals surface area (Å²) in [7, 11) is 1.66. The van der Waals surface area contributed by atoms with Gasteiger partial charge in [0.05, 0.1) is 12.6 Å². The number of nitrogens with zero attached hydrogens (tertiary/aromatic N) is 2. The molecule has 1 heterocycles. The predicted molar refractivity (Wildman–Crippen MR) is 71.9 cm³/mol. The number of ether oxygens (including phenoxy) is 1. The number of aromatic nitrogens is 1. The first-order valence-corrected chi connectivity index (χ1v) is 5.87. The van der Waals surface area contributed by atoms with E-state index in [4.69, 9.17) is 10.6 Å². The van der Waals surface area contributed by atoms with Crippen LogP contribution in [0.15, 0.2) is 29.5 Å². The van der Waals surface area contributed by atoms with Crippen molar-refractivity contribution in [2.24, 2.45) is 10.8 Å². The van der Waals surface area contributed by atoms with E-state index in [-0.39, 0.29) is 12.1 Å². The van der Waals surface area contributed by atoms with Crippen LogP contribution >= 0.6 is 0 Å². The molecular formula is C12H21N5O. The number of methoxy groups -OCH3 is 1. The Morgan fingerprint density at radius 1 is 1.56 bits per heavy atom. The van der Waals surface area contributed by atoms with E-state index in [1.54, 1.807) is 19.5 Å². The van der Waals surface area contributed by atoms with E-state index >= 15 is 0 Å². The Balaban J connectivity index is 2.66. The summed E-state index contributed by atoms with van der Waals surface area (Å²) in [6.07, 6.45) is 3.53. The van der Waals surface area contributed by atoms with Crippen molar-refractivity contribution in [1.82, 2.24) is 15.7 Å². The lowest BCUT2D eigenvalue weighted by Gasteiger charge is -2.17. The van der Waals surface area contributed by atoms with Gasteiger partial charge in [-0.15, -0.1) is 0 Å². The fraction of sp³-hybridized carbons (Fsp3) is 0.500. The molecule has 0 radical (unpaired) electrons. The van der Waals surface area contributed by atoms with Crippen LogP contribution in [0.5, 0.6) is 0 Å². The molecule has 1 aromatic heterocycles. The minimum absolute atomic E-state index is 0.0213. The van der Waals surface area contributed by atoms with Crippen LogP contribution in [0.4, 0.5) is 0 Å². The van der Waals surface area contributed by atoms with Crippen molar-refractivity contribution in [3.63, 3.8) is 0 Å². The highest BCUT2D eigenvalue weighted by atomic mass is 16.5. The van der Waals surface area contributed by atoms with Crippen LogP contribution in [0.1, 0.15) is 25.5 Å². The van der Waals surface area contributed by atoms with E-state index in [9.17, 15) is 0 Å². The van der Waals surface area contributed by atoms with Gasteiger partial charge in [0, 0.05) is 25.5 Å². The normalized spacial score (nSPS) is 15.0. The van der Waals surface area contributed by atoms with E-state index in [2.05, 4.69) is 20.7 Å². The lowest BCUT2D eigenvalue weighted by molar-refractivity contribution is 0.179. The van der Waals surface area contributed by atoms with Crippen LogP contribution < -0.4 is 16.6 Å². The number of guanidine groups is 1. The maximum atomic E-state index is 5.44. The molecule has 0 amide bonds. The molecule has 6 nitrogen and oxygen atoms in total. The Kier molecular flexibility index (Phi) is 6.10. The van der Waals surface area contributed by atoms with E-state index in [1.165, 1.54) is 0 Å². The number of nitrogens with two attached hydrogens (primary N) is 1. The first kappa shape index (κ1) is 14.4. The Hall–Kier alpha value is -1.66. The third-order valence-electron chi connectivity index (χ3n) is 2.43. The SMILES string of the molecule is COCC(C)NC(=NC(C)c1cccnc1)NN. The fourth-order valence-corrected chi connectivity index (χ4v) is 1.53. The number of pyridine rings is 1. The van der Waals surface area contributed by atoms with E-state index < -0.39 is 0 Å². The summed E-state index contributed by atoms with van der Waals surface area (Å²) in [6.45, 7) is 4.56. The van der Waals surface area contributed by atoms with Gasteiger partial charge in [0.2, 0.25) is 5.96 Å². The van der Waals surface area contributed by atoms with Crippen LogP contribution in [0.3, 0.4) is 0 Å². The molecule has 0 spiro atoms. The standard InChI is InChI=1S/C12H21N5O/c1-9(8-18-3)15-12(17-13)16-10(2)11-5-4-6-14-7-11/h4-7,9-10H,8,13H2,1-3H3,(H2,15,16,17). The van der Waals surface area contributed by atoms with Gasteiger partial charge in [-0.1, -0.05) is 6.07 Å². The zero-order chi connectivity index (χ0) is 13.4. The van der Waals surface area contributed by atoms with Gasteiger partial charge in [0.15, 0.2) is 0 Å². The highest BCUT2D eigenvalue weighted by Gasteiger charge is 2.08. The highest BCUT2D eigenvalue weighted by molar-refractivity contribution is 5.79. The molecule has 0 aliphatic heterocycles. The first-order chi connectivity index (χ1) is 8.67. The van der Waals surface area contributed by atoms with Crippen molar-refractivity contribution in [1.29, 1.82) is 0 Å². The monoisotopic (exact) mass is 251 g/mol. The van der Waals surface area contributed by atoms with Crippen molar-refractivity contribution in [3.05, 3.63) is 30.1 Å². The van der Waals surface area contributed by atoms with Gasteiger partial charge in [-0.3, -0.25) is 10.4 Å². The van der Waals surface area contributed by atoms with Crippen molar-refractivity contribution >= 4 is 5.96 Å². The predicted octanol–water partition coefficient (Wildman–Crippen LogP) is 0.586. The quantitative estimate of drug-likeness (QED) is 0.309. The van der Waals surface area contributed by atoms with Gasteiger partial charge in [0.1, 0.15) is 0 Å². The van der Waals surface area contributed by atoms with Gasteiger partial charge < -0.3 is 10.1 Å². The van der Waals surface area contributed by atoms with Gasteiger partial charge in [-0.05, 0) is 25.5 Å². The second-order valence-corrected chi connectivity index (χ2v) is 4.09. The summed E-state index contributed by atoms with van der Waals surface area (Å²) in [5.41, 5.74) is 3.59. The van der Waals surface area contributed by atoms with E-state index in [0.29, 0.717) is 12.6 Å². The molecule has 0 aromatic carbocycles. The Morgan fingerprint density at radius 2 is 2.33 bits per heavy atom. The van der Waals surface area contributed by atoms with Crippen molar-refractivity contribution in [3.8, 4) is 0 Å². The third kappa shape index (κ3) is 4.68. The minimum Gasteiger partial charge on any atom is -0.383 e. The van der Waals surface area contributed by atoms with Gasteiger partial charge in [-0.25, -0.2) is 10.8 Å². The fourth-order valence-electron chi connectivity index (χ4n) is 1.53. The zero-order valence-electron chi connectivity index (χ0n) is 11.1. The number of hydrogen-bond acceptors (Lipinski definition) is 4. The molecule has 2 atom stereocenters. The van der Waals surface area contributed by atoms with Crippen LogP contribution in [0, 0.1) is 0 Å². The van der Waals surface area contributed by atoms with Crippen LogP contribution in [-0.2, 0) is 4.74 Å². The summed E-state index contributed by atoms with van der Waals surface area (Å²) in [6, 6.07) is 3.98. The molecule has 1 aromatic rings. The smallest absolute Gasteiger partial charge is 0.206 e. The van der Waals surface area contributed by atoms with Gasteiger partial charge in [-0.2, -0.15) is 0 Å². The topological polar surface area (TPSA) is 84.6 Å². The van der Waals surface area contributed by atoms with E-state index in [0.717, 1.165) is 5.56 Å². The number of hydrogen-bond donors (Lipinski definition) is 3. The molecule has 0 aliphatic carbocycles. The number of nitrogens with one attached hydrogen (secondary N) is 2. The number of rotatable bonds is 5. The van der Waals surface area contributed by atoms with Crippen LogP contribution in [0.25, 0.3) is 0 Å². The molecule has 2 unspecified atom stereocenters. The lowest BCUT2D eigenvalue weighted by Crippen LogP contribution is -2.47. The van der Waals surface area contributed by atoms with E-state index in [1.807, 2.05) is 26.0 Å². The largest absolute Gasteiger partial charge is 0.383 e. The van der Waals surface area contributed by atoms with Crippen molar-refractivity contribution in [2.45, 2.75) is 25.9 Å². The average Bonchev–Trinajstić information content (AvgIpc) is 2.39. The van der Waals surface area contributed by atoms with Crippen molar-refractivity contribution in [2.75, 3.05) is 13.7 Å².